The van der Waals surface area contributed by atoms with Crippen LogP contribution in [0.3, 0.4) is 0 Å². The highest BCUT2D eigenvalue weighted by atomic mass is 35.5. The molecule has 1 fully saturated rings. The van der Waals surface area contributed by atoms with Crippen molar-refractivity contribution >= 4 is 51.8 Å². The SMILES string of the molecule is FC(F)(F)CNc1nc2ccccc2nc1N1CCN(Cc2cc(Cl)ccc2Cl)CC1.O=C(O)C(F)(F)F. The van der Waals surface area contributed by atoms with Gasteiger partial charge < -0.3 is 15.3 Å². The van der Waals surface area contributed by atoms with Crippen LogP contribution in [0.2, 0.25) is 10.0 Å². The number of nitrogens with one attached hydrogen (secondary N) is 1. The molecule has 0 unspecified atom stereocenters. The lowest BCUT2D eigenvalue weighted by Crippen LogP contribution is -2.46. The molecule has 206 valence electrons. The number of anilines is 2. The van der Waals surface area contributed by atoms with Gasteiger partial charge in [-0.1, -0.05) is 35.3 Å². The normalized spacial score (nSPS) is 14.7. The maximum absolute atomic E-state index is 12.8. The fourth-order valence-electron chi connectivity index (χ4n) is 3.54. The van der Waals surface area contributed by atoms with E-state index in [1.807, 2.05) is 17.0 Å². The Morgan fingerprint density at radius 1 is 0.947 bits per heavy atom. The van der Waals surface area contributed by atoms with Crippen LogP contribution in [-0.4, -0.2) is 71.0 Å². The molecule has 0 saturated carbocycles. The number of carboxylic acids is 1. The number of benzene rings is 2. The van der Waals surface area contributed by atoms with Crippen molar-refractivity contribution < 1.29 is 36.2 Å². The summed E-state index contributed by atoms with van der Waals surface area (Å²) in [6, 6.07) is 12.5. The first kappa shape index (κ1) is 29.5. The van der Waals surface area contributed by atoms with Crippen molar-refractivity contribution in [1.29, 1.82) is 0 Å². The molecule has 3 aromatic rings. The van der Waals surface area contributed by atoms with Crippen LogP contribution in [0.1, 0.15) is 5.56 Å². The molecule has 0 spiro atoms. The van der Waals surface area contributed by atoms with Gasteiger partial charge in [-0.3, -0.25) is 4.90 Å². The van der Waals surface area contributed by atoms with Gasteiger partial charge in [-0.05, 0) is 35.9 Å². The molecule has 0 amide bonds. The number of hydrogen-bond donors (Lipinski definition) is 2. The van der Waals surface area contributed by atoms with Crippen LogP contribution in [0.25, 0.3) is 11.0 Å². The van der Waals surface area contributed by atoms with Gasteiger partial charge in [-0.2, -0.15) is 26.3 Å². The largest absolute Gasteiger partial charge is 0.490 e. The Labute approximate surface area is 223 Å². The van der Waals surface area contributed by atoms with Crippen LogP contribution < -0.4 is 10.2 Å². The number of halogens is 8. The predicted octanol–water partition coefficient (Wildman–Crippen LogP) is 5.87. The number of fused-ring (bicyclic) bond motifs is 1. The zero-order chi connectivity index (χ0) is 28.1. The number of carboxylic acid groups (broad SMARTS) is 1. The molecule has 4 rings (SSSR count). The lowest BCUT2D eigenvalue weighted by molar-refractivity contribution is -0.192. The van der Waals surface area contributed by atoms with E-state index < -0.39 is 24.9 Å². The Kier molecular flexibility index (Phi) is 9.49. The lowest BCUT2D eigenvalue weighted by Gasteiger charge is -2.36. The van der Waals surface area contributed by atoms with E-state index in [0.717, 1.165) is 5.56 Å². The summed E-state index contributed by atoms with van der Waals surface area (Å²) >= 11 is 12.4. The second-order valence-electron chi connectivity index (χ2n) is 8.16. The predicted molar refractivity (Wildman–Crippen MR) is 132 cm³/mol. The Bertz CT molecular complexity index is 1270. The molecular weight excluding hydrogens is 563 g/mol. The fraction of sp³-hybridized carbons (Fsp3) is 0.348. The third kappa shape index (κ3) is 8.50. The van der Waals surface area contributed by atoms with Crippen molar-refractivity contribution in [3.63, 3.8) is 0 Å². The van der Waals surface area contributed by atoms with Crippen LogP contribution in [-0.2, 0) is 11.3 Å². The number of aliphatic carboxylic acids is 1. The van der Waals surface area contributed by atoms with Crippen LogP contribution in [0.15, 0.2) is 42.5 Å². The number of piperazine rings is 1. The molecule has 2 N–H and O–H groups in total. The topological polar surface area (TPSA) is 81.6 Å². The molecule has 7 nitrogen and oxygen atoms in total. The molecule has 0 radical (unpaired) electrons. The van der Waals surface area contributed by atoms with E-state index in [1.165, 1.54) is 0 Å². The van der Waals surface area contributed by atoms with Gasteiger partial charge >= 0.3 is 18.3 Å². The molecule has 1 saturated heterocycles. The molecular formula is C23H21Cl2F6N5O2. The number of nitrogens with zero attached hydrogens (tertiary/aromatic N) is 4. The lowest BCUT2D eigenvalue weighted by atomic mass is 10.2. The maximum atomic E-state index is 12.8. The Morgan fingerprint density at radius 2 is 1.53 bits per heavy atom. The van der Waals surface area contributed by atoms with Crippen molar-refractivity contribution in [2.45, 2.75) is 18.9 Å². The van der Waals surface area contributed by atoms with Gasteiger partial charge in [0.05, 0.1) is 11.0 Å². The first-order valence-corrected chi connectivity index (χ1v) is 11.8. The minimum atomic E-state index is -5.08. The van der Waals surface area contributed by atoms with Crippen LogP contribution in [0.4, 0.5) is 38.0 Å². The molecule has 0 atom stereocenters. The molecule has 2 heterocycles. The fourth-order valence-corrected chi connectivity index (χ4v) is 3.91. The molecule has 0 bridgehead atoms. The first-order chi connectivity index (χ1) is 17.7. The molecule has 1 aromatic heterocycles. The number of hydrogen-bond acceptors (Lipinski definition) is 6. The van der Waals surface area contributed by atoms with Gasteiger partial charge in [0.25, 0.3) is 0 Å². The van der Waals surface area contributed by atoms with Crippen molar-refractivity contribution in [2.24, 2.45) is 0 Å². The smallest absolute Gasteiger partial charge is 0.475 e. The summed E-state index contributed by atoms with van der Waals surface area (Å²) in [7, 11) is 0. The number of aromatic nitrogens is 2. The Balaban J connectivity index is 0.000000505. The van der Waals surface area contributed by atoms with Crippen molar-refractivity contribution in [3.05, 3.63) is 58.1 Å². The summed E-state index contributed by atoms with van der Waals surface area (Å²) in [4.78, 5) is 22.1. The van der Waals surface area contributed by atoms with E-state index in [-0.39, 0.29) is 5.82 Å². The summed E-state index contributed by atoms with van der Waals surface area (Å²) in [5, 5.41) is 10.8. The van der Waals surface area contributed by atoms with Gasteiger partial charge in [-0.25, -0.2) is 14.8 Å². The minimum Gasteiger partial charge on any atom is -0.475 e. The third-order valence-corrected chi connectivity index (χ3v) is 5.93. The molecule has 1 aliphatic rings. The number of para-hydroxylation sites is 2. The average molecular weight is 584 g/mol. The van der Waals surface area contributed by atoms with E-state index in [0.29, 0.717) is 59.6 Å². The van der Waals surface area contributed by atoms with Crippen LogP contribution in [0, 0.1) is 0 Å². The zero-order valence-electron chi connectivity index (χ0n) is 19.5. The van der Waals surface area contributed by atoms with E-state index in [9.17, 15) is 26.3 Å². The summed E-state index contributed by atoms with van der Waals surface area (Å²) in [5.74, 6) is -2.18. The van der Waals surface area contributed by atoms with Gasteiger partial charge in [0, 0.05) is 42.8 Å². The number of alkyl halides is 6. The number of rotatable bonds is 5. The van der Waals surface area contributed by atoms with Gasteiger partial charge in [-0.15, -0.1) is 0 Å². The van der Waals surface area contributed by atoms with Gasteiger partial charge in [0.2, 0.25) is 0 Å². The summed E-state index contributed by atoms with van der Waals surface area (Å²) in [6.07, 6.45) is -9.43. The maximum Gasteiger partial charge on any atom is 0.490 e. The first-order valence-electron chi connectivity index (χ1n) is 11.0. The Morgan fingerprint density at radius 3 is 2.08 bits per heavy atom. The second kappa shape index (κ2) is 12.2. The zero-order valence-corrected chi connectivity index (χ0v) is 21.0. The Hall–Kier alpha value is -3.03. The van der Waals surface area contributed by atoms with Crippen LogP contribution >= 0.6 is 23.2 Å². The van der Waals surface area contributed by atoms with Crippen molar-refractivity contribution in [1.82, 2.24) is 14.9 Å². The molecule has 38 heavy (non-hydrogen) atoms. The monoisotopic (exact) mass is 583 g/mol. The highest BCUT2D eigenvalue weighted by molar-refractivity contribution is 6.33. The minimum absolute atomic E-state index is 0.141. The standard InChI is InChI=1S/C21H20Cl2F3N5.C2HF3O2/c22-15-5-6-16(23)14(11-15)12-30-7-9-31(10-8-30)20-19(27-13-21(24,25)26)28-17-3-1-2-4-18(17)29-20;3-2(4,5)1(6)7/h1-6,11H,7-10,12-13H2,(H,27,28);(H,6,7). The molecule has 0 aliphatic carbocycles. The quantitative estimate of drug-likeness (QED) is 0.364. The van der Waals surface area contributed by atoms with Gasteiger partial charge in [0.1, 0.15) is 6.54 Å². The summed E-state index contributed by atoms with van der Waals surface area (Å²) < 4.78 is 70.1. The third-order valence-electron chi connectivity index (χ3n) is 5.32. The van der Waals surface area contributed by atoms with Crippen molar-refractivity contribution in [3.8, 4) is 0 Å². The van der Waals surface area contributed by atoms with Crippen molar-refractivity contribution in [2.75, 3.05) is 42.9 Å². The summed E-state index contributed by atoms with van der Waals surface area (Å²) in [6.45, 7) is 2.10. The molecule has 1 aliphatic heterocycles. The van der Waals surface area contributed by atoms with E-state index in [1.54, 1.807) is 30.3 Å². The highest BCUT2D eigenvalue weighted by Gasteiger charge is 2.38. The van der Waals surface area contributed by atoms with Crippen LogP contribution in [0.5, 0.6) is 0 Å². The van der Waals surface area contributed by atoms with Gasteiger partial charge in [0.15, 0.2) is 11.6 Å². The van der Waals surface area contributed by atoms with E-state index in [4.69, 9.17) is 33.1 Å². The van der Waals surface area contributed by atoms with E-state index in [2.05, 4.69) is 20.2 Å². The highest BCUT2D eigenvalue weighted by Crippen LogP contribution is 2.28. The molecule has 15 heteroatoms. The molecule has 2 aromatic carbocycles. The van der Waals surface area contributed by atoms with E-state index >= 15 is 0 Å². The summed E-state index contributed by atoms with van der Waals surface area (Å²) in [5.41, 5.74) is 2.13. The number of carbonyl (C=O) groups is 1. The average Bonchev–Trinajstić information content (AvgIpc) is 2.84. The second-order valence-corrected chi connectivity index (χ2v) is 9.00.